The lowest BCUT2D eigenvalue weighted by Gasteiger charge is -2.25. The molecule has 1 heterocycles. The number of methoxy groups -OCH3 is 2. The van der Waals surface area contributed by atoms with E-state index in [2.05, 4.69) is 17.2 Å². The smallest absolute Gasteiger partial charge is 0.303 e. The van der Waals surface area contributed by atoms with Crippen LogP contribution in [-0.2, 0) is 24.2 Å². The SMILES string of the molecule is COc1cc([C@@H](O)[C@@H](CCCc2ccccc2)Cn2cc(CCC(=O)O)cn2)cc(OC)c1C. The van der Waals surface area contributed by atoms with E-state index in [1.165, 1.54) is 5.56 Å². The van der Waals surface area contributed by atoms with Crippen molar-refractivity contribution < 1.29 is 24.5 Å². The minimum absolute atomic E-state index is 0.0672. The molecule has 0 saturated heterocycles. The van der Waals surface area contributed by atoms with Crippen LogP contribution < -0.4 is 9.47 Å². The maximum atomic E-state index is 11.4. The molecule has 1 aromatic heterocycles. The van der Waals surface area contributed by atoms with Crippen molar-refractivity contribution in [3.05, 3.63) is 77.1 Å². The highest BCUT2D eigenvalue weighted by atomic mass is 16.5. The Kier molecular flexibility index (Phi) is 9.10. The van der Waals surface area contributed by atoms with Gasteiger partial charge in [0.1, 0.15) is 11.5 Å². The Hall–Kier alpha value is -3.32. The molecular formula is C27H34N2O5. The highest BCUT2D eigenvalue weighted by Crippen LogP contribution is 2.36. The summed E-state index contributed by atoms with van der Waals surface area (Å²) in [5.74, 6) is 0.412. The van der Waals surface area contributed by atoms with Crippen molar-refractivity contribution in [2.45, 2.75) is 51.7 Å². The molecular weight excluding hydrogens is 432 g/mol. The van der Waals surface area contributed by atoms with Crippen LogP contribution in [0.3, 0.4) is 0 Å². The van der Waals surface area contributed by atoms with Gasteiger partial charge in [-0.05, 0) is 61.4 Å². The van der Waals surface area contributed by atoms with Crippen molar-refractivity contribution >= 4 is 5.97 Å². The first-order valence-electron chi connectivity index (χ1n) is 11.6. The molecule has 0 aliphatic carbocycles. The first-order valence-corrected chi connectivity index (χ1v) is 11.6. The van der Waals surface area contributed by atoms with Gasteiger partial charge >= 0.3 is 5.97 Å². The lowest BCUT2D eigenvalue weighted by atomic mass is 9.89. The van der Waals surface area contributed by atoms with Gasteiger partial charge in [-0.2, -0.15) is 5.10 Å². The molecule has 0 fully saturated rings. The van der Waals surface area contributed by atoms with E-state index in [1.807, 2.05) is 43.5 Å². The molecule has 0 radical (unpaired) electrons. The Labute approximate surface area is 201 Å². The number of aliphatic hydroxyl groups excluding tert-OH is 1. The molecule has 3 aromatic rings. The molecule has 0 aliphatic heterocycles. The van der Waals surface area contributed by atoms with Crippen molar-refractivity contribution in [3.8, 4) is 11.5 Å². The van der Waals surface area contributed by atoms with E-state index in [1.54, 1.807) is 25.1 Å². The standard InChI is InChI=1S/C27H34N2O5/c1-19-24(33-2)14-23(15-25(19)34-3)27(32)22(11-7-10-20-8-5-4-6-9-20)18-29-17-21(16-28-29)12-13-26(30)31/h4-6,8-9,14-17,22,27,32H,7,10-13,18H2,1-3H3,(H,30,31)/t22-,27-/m0/s1. The van der Waals surface area contributed by atoms with E-state index < -0.39 is 12.1 Å². The highest BCUT2D eigenvalue weighted by Gasteiger charge is 2.24. The van der Waals surface area contributed by atoms with E-state index >= 15 is 0 Å². The van der Waals surface area contributed by atoms with Gasteiger partial charge in [-0.3, -0.25) is 9.48 Å². The van der Waals surface area contributed by atoms with Crippen LogP contribution in [0.25, 0.3) is 0 Å². The van der Waals surface area contributed by atoms with Crippen molar-refractivity contribution in [1.82, 2.24) is 9.78 Å². The Bertz CT molecular complexity index is 1040. The van der Waals surface area contributed by atoms with E-state index in [0.29, 0.717) is 24.5 Å². The van der Waals surface area contributed by atoms with Crippen LogP contribution in [0.1, 0.15) is 47.6 Å². The van der Waals surface area contributed by atoms with Gasteiger partial charge in [-0.25, -0.2) is 0 Å². The number of rotatable bonds is 13. The summed E-state index contributed by atoms with van der Waals surface area (Å²) in [6, 6.07) is 14.0. The summed E-state index contributed by atoms with van der Waals surface area (Å²) < 4.78 is 12.8. The number of ether oxygens (including phenoxy) is 2. The average molecular weight is 467 g/mol. The molecule has 2 aromatic carbocycles. The van der Waals surface area contributed by atoms with Crippen molar-refractivity contribution in [3.63, 3.8) is 0 Å². The summed E-state index contributed by atoms with van der Waals surface area (Å²) in [4.78, 5) is 10.9. The molecule has 0 unspecified atom stereocenters. The normalized spacial score (nSPS) is 12.8. The maximum Gasteiger partial charge on any atom is 0.303 e. The van der Waals surface area contributed by atoms with Crippen LogP contribution in [0.4, 0.5) is 0 Å². The Morgan fingerprint density at radius 1 is 1.06 bits per heavy atom. The minimum Gasteiger partial charge on any atom is -0.496 e. The fourth-order valence-electron chi connectivity index (χ4n) is 4.24. The molecule has 2 atom stereocenters. The number of carbonyl (C=O) groups is 1. The number of aryl methyl sites for hydroxylation is 2. The predicted octanol–water partition coefficient (Wildman–Crippen LogP) is 4.60. The number of aliphatic carboxylic acids is 1. The number of carboxylic acid groups (broad SMARTS) is 1. The number of aliphatic hydroxyl groups is 1. The zero-order chi connectivity index (χ0) is 24.5. The van der Waals surface area contributed by atoms with Gasteiger partial charge in [0.15, 0.2) is 0 Å². The van der Waals surface area contributed by atoms with E-state index in [4.69, 9.17) is 14.6 Å². The summed E-state index contributed by atoms with van der Waals surface area (Å²) in [7, 11) is 3.22. The first-order chi connectivity index (χ1) is 16.4. The molecule has 3 rings (SSSR count). The molecule has 0 amide bonds. The molecule has 0 saturated carbocycles. The van der Waals surface area contributed by atoms with Crippen molar-refractivity contribution in [2.75, 3.05) is 14.2 Å². The molecule has 0 aliphatic rings. The zero-order valence-corrected chi connectivity index (χ0v) is 20.1. The van der Waals surface area contributed by atoms with Crippen molar-refractivity contribution in [2.24, 2.45) is 5.92 Å². The van der Waals surface area contributed by atoms with Crippen LogP contribution in [0.15, 0.2) is 54.9 Å². The van der Waals surface area contributed by atoms with E-state index in [9.17, 15) is 9.90 Å². The molecule has 34 heavy (non-hydrogen) atoms. The van der Waals surface area contributed by atoms with E-state index in [-0.39, 0.29) is 12.3 Å². The van der Waals surface area contributed by atoms with Crippen LogP contribution in [0.2, 0.25) is 0 Å². The summed E-state index contributed by atoms with van der Waals surface area (Å²) >= 11 is 0. The van der Waals surface area contributed by atoms with Crippen LogP contribution in [-0.4, -0.2) is 40.2 Å². The minimum atomic E-state index is -0.829. The third-order valence-corrected chi connectivity index (χ3v) is 6.18. The fraction of sp³-hybridized carbons (Fsp3) is 0.407. The fourth-order valence-corrected chi connectivity index (χ4v) is 4.24. The molecule has 7 heteroatoms. The number of hydrogen-bond acceptors (Lipinski definition) is 5. The van der Waals surface area contributed by atoms with Gasteiger partial charge < -0.3 is 19.7 Å². The largest absolute Gasteiger partial charge is 0.496 e. The van der Waals surface area contributed by atoms with E-state index in [0.717, 1.165) is 36.0 Å². The third-order valence-electron chi connectivity index (χ3n) is 6.18. The van der Waals surface area contributed by atoms with Crippen LogP contribution in [0.5, 0.6) is 11.5 Å². The molecule has 182 valence electrons. The first kappa shape index (κ1) is 25.3. The van der Waals surface area contributed by atoms with Gasteiger partial charge in [0, 0.05) is 30.6 Å². The lowest BCUT2D eigenvalue weighted by molar-refractivity contribution is -0.136. The molecule has 7 nitrogen and oxygen atoms in total. The van der Waals surface area contributed by atoms with Crippen LogP contribution in [0, 0.1) is 12.8 Å². The van der Waals surface area contributed by atoms with Crippen LogP contribution >= 0.6 is 0 Å². The summed E-state index contributed by atoms with van der Waals surface area (Å²) in [6.07, 6.45) is 5.96. The second-order valence-electron chi connectivity index (χ2n) is 8.60. The Balaban J connectivity index is 1.79. The second-order valence-corrected chi connectivity index (χ2v) is 8.60. The summed E-state index contributed by atoms with van der Waals surface area (Å²) in [6.45, 7) is 2.44. The molecule has 0 bridgehead atoms. The number of benzene rings is 2. The Morgan fingerprint density at radius 3 is 2.35 bits per heavy atom. The Morgan fingerprint density at radius 2 is 1.74 bits per heavy atom. The maximum absolute atomic E-state index is 11.4. The van der Waals surface area contributed by atoms with Gasteiger partial charge in [0.25, 0.3) is 0 Å². The predicted molar refractivity (Wildman–Crippen MR) is 130 cm³/mol. The van der Waals surface area contributed by atoms with Gasteiger partial charge in [0.05, 0.1) is 26.5 Å². The second kappa shape index (κ2) is 12.2. The summed E-state index contributed by atoms with van der Waals surface area (Å²) in [5.41, 5.74) is 3.77. The van der Waals surface area contributed by atoms with Gasteiger partial charge in [-0.1, -0.05) is 30.3 Å². The molecule has 2 N–H and O–H groups in total. The monoisotopic (exact) mass is 466 g/mol. The van der Waals surface area contributed by atoms with Gasteiger partial charge in [-0.15, -0.1) is 0 Å². The number of carboxylic acids is 1. The average Bonchev–Trinajstić information content (AvgIpc) is 3.30. The summed E-state index contributed by atoms with van der Waals surface area (Å²) in [5, 5.41) is 24.8. The number of hydrogen-bond donors (Lipinski definition) is 2. The van der Waals surface area contributed by atoms with Gasteiger partial charge in [0.2, 0.25) is 0 Å². The number of nitrogens with zero attached hydrogens (tertiary/aromatic N) is 2. The molecule has 0 spiro atoms. The number of aromatic nitrogens is 2. The van der Waals surface area contributed by atoms with Crippen molar-refractivity contribution in [1.29, 1.82) is 0 Å². The highest BCUT2D eigenvalue weighted by molar-refractivity contribution is 5.67. The third kappa shape index (κ3) is 6.84. The quantitative estimate of drug-likeness (QED) is 0.382. The lowest BCUT2D eigenvalue weighted by Crippen LogP contribution is -2.20. The topological polar surface area (TPSA) is 93.8 Å². The zero-order valence-electron chi connectivity index (χ0n) is 20.1.